The van der Waals surface area contributed by atoms with Crippen LogP contribution in [-0.2, 0) is 4.79 Å². The summed E-state index contributed by atoms with van der Waals surface area (Å²) < 4.78 is 0. The molecule has 22 heavy (non-hydrogen) atoms. The third-order valence-corrected chi connectivity index (χ3v) is 4.44. The van der Waals surface area contributed by atoms with Gasteiger partial charge in [0.15, 0.2) is 0 Å². The monoisotopic (exact) mass is 323 g/mol. The van der Waals surface area contributed by atoms with E-state index in [1.54, 1.807) is 0 Å². The van der Waals surface area contributed by atoms with Crippen LogP contribution < -0.4 is 17.7 Å². The van der Waals surface area contributed by atoms with E-state index in [0.29, 0.717) is 0 Å². The number of benzene rings is 1. The molecule has 2 rings (SSSR count). The molecular weight excluding hydrogens is 296 g/mol. The normalized spacial score (nSPS) is 18.6. The quantitative estimate of drug-likeness (QED) is 0.873. The zero-order valence-corrected chi connectivity index (χ0v) is 14.7. The highest BCUT2D eigenvalue weighted by molar-refractivity contribution is 5.96. The van der Waals surface area contributed by atoms with Gasteiger partial charge in [0.25, 0.3) is 0 Å². The first-order valence-corrected chi connectivity index (χ1v) is 8.24. The highest BCUT2D eigenvalue weighted by atomic mass is 35.5. The van der Waals surface area contributed by atoms with Gasteiger partial charge >= 0.3 is 0 Å². The molecule has 0 spiro atoms. The minimum atomic E-state index is 0. The third kappa shape index (κ3) is 4.72. The van der Waals surface area contributed by atoms with Crippen LogP contribution in [0.2, 0.25) is 0 Å². The van der Waals surface area contributed by atoms with Crippen LogP contribution in [-0.4, -0.2) is 29.9 Å². The van der Waals surface area contributed by atoms with Gasteiger partial charge in [-0.3, -0.25) is 9.69 Å². The maximum atomic E-state index is 12.7. The number of unbranched alkanes of at least 4 members (excludes halogenated alkanes) is 1. The van der Waals surface area contributed by atoms with Gasteiger partial charge < -0.3 is 17.7 Å². The Kier molecular flexibility index (Phi) is 7.91. The predicted octanol–water partition coefficient (Wildman–Crippen LogP) is 0.901. The van der Waals surface area contributed by atoms with Crippen LogP contribution >= 0.6 is 0 Å². The number of piperidine rings is 1. The molecule has 1 N–H and O–H groups in total. The standard InChI is InChI=1S/C18H28N2O.ClH/c1-4-5-12-20-13-7-6-11-16(20)18(21)19-17-14(2)9-8-10-15(17)3;/h8-10,16H,4-7,11-13H2,1-3H3,(H,19,21);1H/p-1/t16-;/m0./s1. The molecule has 0 aliphatic carbocycles. The molecule has 1 fully saturated rings. The Hall–Kier alpha value is -1.06. The summed E-state index contributed by atoms with van der Waals surface area (Å²) in [5.41, 5.74) is 3.27. The number of hydrogen-bond donors (Lipinski definition) is 1. The molecule has 0 bridgehead atoms. The van der Waals surface area contributed by atoms with Crippen LogP contribution in [0.5, 0.6) is 0 Å². The molecule has 1 aromatic carbocycles. The first-order chi connectivity index (χ1) is 10.1. The average Bonchev–Trinajstić information content (AvgIpc) is 2.49. The van der Waals surface area contributed by atoms with Crippen LogP contribution in [0.25, 0.3) is 0 Å². The molecule has 1 aliphatic heterocycles. The van der Waals surface area contributed by atoms with Crippen molar-refractivity contribution in [1.29, 1.82) is 0 Å². The molecule has 1 aromatic rings. The Morgan fingerprint density at radius 2 is 1.95 bits per heavy atom. The van der Waals surface area contributed by atoms with E-state index in [2.05, 4.69) is 43.1 Å². The Morgan fingerprint density at radius 3 is 2.59 bits per heavy atom. The number of nitrogens with zero attached hydrogens (tertiary/aromatic N) is 1. The van der Waals surface area contributed by atoms with E-state index in [1.165, 1.54) is 19.3 Å². The van der Waals surface area contributed by atoms with E-state index >= 15 is 0 Å². The second kappa shape index (κ2) is 9.16. The van der Waals surface area contributed by atoms with Crippen molar-refractivity contribution in [2.24, 2.45) is 0 Å². The second-order valence-corrected chi connectivity index (χ2v) is 6.16. The minimum absolute atomic E-state index is 0. The van der Waals surface area contributed by atoms with Gasteiger partial charge in [-0.2, -0.15) is 0 Å². The first kappa shape index (κ1) is 19.0. The smallest absolute Gasteiger partial charge is 0.241 e. The number of aryl methyl sites for hydroxylation is 2. The lowest BCUT2D eigenvalue weighted by atomic mass is 10.00. The van der Waals surface area contributed by atoms with Crippen LogP contribution in [0.1, 0.15) is 50.2 Å². The van der Waals surface area contributed by atoms with Crippen molar-refractivity contribution in [3.8, 4) is 0 Å². The minimum Gasteiger partial charge on any atom is -1.00 e. The molecule has 1 aliphatic rings. The lowest BCUT2D eigenvalue weighted by Gasteiger charge is -2.34. The summed E-state index contributed by atoms with van der Waals surface area (Å²) in [6.07, 6.45) is 5.72. The van der Waals surface area contributed by atoms with Gasteiger partial charge in [-0.05, 0) is 57.3 Å². The third-order valence-electron chi connectivity index (χ3n) is 4.44. The van der Waals surface area contributed by atoms with Crippen molar-refractivity contribution in [2.75, 3.05) is 18.4 Å². The highest BCUT2D eigenvalue weighted by Crippen LogP contribution is 2.23. The molecule has 4 heteroatoms. The molecule has 1 saturated heterocycles. The highest BCUT2D eigenvalue weighted by Gasteiger charge is 2.28. The fourth-order valence-corrected chi connectivity index (χ4v) is 3.13. The summed E-state index contributed by atoms with van der Waals surface area (Å²) in [5, 5.41) is 3.17. The van der Waals surface area contributed by atoms with E-state index in [1.807, 2.05) is 6.07 Å². The number of anilines is 1. The number of rotatable bonds is 5. The van der Waals surface area contributed by atoms with Crippen molar-refractivity contribution < 1.29 is 17.2 Å². The van der Waals surface area contributed by atoms with Crippen LogP contribution in [0.3, 0.4) is 0 Å². The predicted molar refractivity (Wildman–Crippen MR) is 88.7 cm³/mol. The van der Waals surface area contributed by atoms with Crippen LogP contribution in [0, 0.1) is 13.8 Å². The average molecular weight is 324 g/mol. The van der Waals surface area contributed by atoms with Crippen molar-refractivity contribution in [2.45, 2.75) is 58.9 Å². The van der Waals surface area contributed by atoms with Gasteiger partial charge in [0.2, 0.25) is 5.91 Å². The van der Waals surface area contributed by atoms with E-state index in [9.17, 15) is 4.79 Å². The molecule has 0 aromatic heterocycles. The Bertz CT molecular complexity index is 470. The van der Waals surface area contributed by atoms with E-state index in [0.717, 1.165) is 42.7 Å². The van der Waals surface area contributed by atoms with Gasteiger partial charge in [-0.15, -0.1) is 0 Å². The summed E-state index contributed by atoms with van der Waals surface area (Å²) in [4.78, 5) is 15.1. The van der Waals surface area contributed by atoms with Crippen molar-refractivity contribution >= 4 is 11.6 Å². The summed E-state index contributed by atoms with van der Waals surface area (Å²) in [6.45, 7) is 8.42. The zero-order valence-electron chi connectivity index (χ0n) is 14.0. The largest absolute Gasteiger partial charge is 1.00 e. The molecule has 3 nitrogen and oxygen atoms in total. The SMILES string of the molecule is CCCCN1CCCC[C@H]1C(=O)Nc1c(C)cccc1C.[Cl-]. The molecule has 124 valence electrons. The molecule has 0 unspecified atom stereocenters. The summed E-state index contributed by atoms with van der Waals surface area (Å²) >= 11 is 0. The van der Waals surface area contributed by atoms with Crippen molar-refractivity contribution in [3.05, 3.63) is 29.3 Å². The van der Waals surface area contributed by atoms with Gasteiger partial charge in [0.05, 0.1) is 6.04 Å². The summed E-state index contributed by atoms with van der Waals surface area (Å²) in [6, 6.07) is 6.19. The van der Waals surface area contributed by atoms with Crippen molar-refractivity contribution in [1.82, 2.24) is 4.90 Å². The number of hydrogen-bond acceptors (Lipinski definition) is 2. The molecule has 0 saturated carbocycles. The summed E-state index contributed by atoms with van der Waals surface area (Å²) in [5.74, 6) is 0.170. The molecule has 1 amide bonds. The topological polar surface area (TPSA) is 32.3 Å². The fraction of sp³-hybridized carbons (Fsp3) is 0.611. The number of amides is 1. The molecule has 1 heterocycles. The van der Waals surface area contributed by atoms with E-state index in [-0.39, 0.29) is 24.4 Å². The lowest BCUT2D eigenvalue weighted by Crippen LogP contribution is -3.00. The number of likely N-dealkylation sites (tertiary alicyclic amines) is 1. The lowest BCUT2D eigenvalue weighted by molar-refractivity contribution is -0.122. The van der Waals surface area contributed by atoms with Gasteiger partial charge in [-0.1, -0.05) is 38.0 Å². The van der Waals surface area contributed by atoms with Crippen molar-refractivity contribution in [3.63, 3.8) is 0 Å². The maximum Gasteiger partial charge on any atom is 0.241 e. The van der Waals surface area contributed by atoms with Gasteiger partial charge in [0, 0.05) is 5.69 Å². The fourth-order valence-electron chi connectivity index (χ4n) is 3.13. The maximum absolute atomic E-state index is 12.7. The van der Waals surface area contributed by atoms with Gasteiger partial charge in [-0.25, -0.2) is 0 Å². The van der Waals surface area contributed by atoms with Gasteiger partial charge in [0.1, 0.15) is 0 Å². The Morgan fingerprint density at radius 1 is 1.27 bits per heavy atom. The number of nitrogens with one attached hydrogen (secondary N) is 1. The number of para-hydroxylation sites is 1. The first-order valence-electron chi connectivity index (χ1n) is 8.24. The van der Waals surface area contributed by atoms with E-state index in [4.69, 9.17) is 0 Å². The zero-order chi connectivity index (χ0) is 15.2. The second-order valence-electron chi connectivity index (χ2n) is 6.16. The number of halogens is 1. The van der Waals surface area contributed by atoms with Crippen LogP contribution in [0.4, 0.5) is 5.69 Å². The van der Waals surface area contributed by atoms with E-state index < -0.39 is 0 Å². The Balaban J connectivity index is 0.00000242. The van der Waals surface area contributed by atoms with Crippen LogP contribution in [0.15, 0.2) is 18.2 Å². The number of carbonyl (C=O) groups excluding carboxylic acids is 1. The number of carbonyl (C=O) groups is 1. The molecular formula is C18H28ClN2O-. The molecule has 0 radical (unpaired) electrons. The summed E-state index contributed by atoms with van der Waals surface area (Å²) in [7, 11) is 0. The molecule has 1 atom stereocenters. The Labute approximate surface area is 140 Å².